The second kappa shape index (κ2) is 3.25. The molecule has 10 heavy (non-hydrogen) atoms. The molecule has 0 spiro atoms. The van der Waals surface area contributed by atoms with Crippen LogP contribution in [0.4, 0.5) is 0 Å². The average molecular weight is 155 g/mol. The van der Waals surface area contributed by atoms with E-state index in [0.29, 0.717) is 5.69 Å². The Labute approximate surface area is 61.9 Å². The van der Waals surface area contributed by atoms with Crippen molar-refractivity contribution < 1.29 is 5.11 Å². The molecule has 1 unspecified atom stereocenters. The summed E-state index contributed by atoms with van der Waals surface area (Å²) < 4.78 is 3.55. The van der Waals surface area contributed by atoms with Crippen molar-refractivity contribution in [3.05, 3.63) is 11.1 Å². The monoisotopic (exact) mass is 155 g/mol. The van der Waals surface area contributed by atoms with E-state index in [4.69, 9.17) is 10.4 Å². The molecule has 0 aromatic carbocycles. The number of hydrogen-bond donors (Lipinski definition) is 1. The van der Waals surface area contributed by atoms with Gasteiger partial charge in [-0.15, -0.1) is 5.10 Å². The SMILES string of the molecule is N#CCC(O)c1csnn1. The van der Waals surface area contributed by atoms with Crippen LogP contribution >= 0.6 is 11.5 Å². The van der Waals surface area contributed by atoms with Gasteiger partial charge in [0.05, 0.1) is 12.5 Å². The third-order valence-corrected chi connectivity index (χ3v) is 1.53. The first-order valence-electron chi connectivity index (χ1n) is 2.66. The molecule has 1 atom stereocenters. The van der Waals surface area contributed by atoms with Crippen molar-refractivity contribution in [1.82, 2.24) is 9.59 Å². The highest BCUT2D eigenvalue weighted by molar-refractivity contribution is 7.03. The maximum absolute atomic E-state index is 9.09. The summed E-state index contributed by atoms with van der Waals surface area (Å²) >= 11 is 1.16. The van der Waals surface area contributed by atoms with Crippen LogP contribution in [0.15, 0.2) is 5.38 Å². The number of aliphatic hydroxyl groups excluding tert-OH is 1. The summed E-state index contributed by atoms with van der Waals surface area (Å²) in [6, 6.07) is 1.84. The molecule has 0 radical (unpaired) electrons. The molecule has 0 aliphatic carbocycles. The van der Waals surface area contributed by atoms with E-state index in [2.05, 4.69) is 9.59 Å². The topological polar surface area (TPSA) is 69.8 Å². The molecule has 0 aliphatic heterocycles. The van der Waals surface area contributed by atoms with Crippen molar-refractivity contribution in [3.63, 3.8) is 0 Å². The highest BCUT2D eigenvalue weighted by Crippen LogP contribution is 2.12. The van der Waals surface area contributed by atoms with Crippen LogP contribution in [-0.2, 0) is 0 Å². The van der Waals surface area contributed by atoms with E-state index < -0.39 is 6.10 Å². The van der Waals surface area contributed by atoms with Crippen molar-refractivity contribution >= 4 is 11.5 Å². The summed E-state index contributed by atoms with van der Waals surface area (Å²) in [6.45, 7) is 0. The van der Waals surface area contributed by atoms with Gasteiger partial charge in [-0.25, -0.2) is 0 Å². The minimum Gasteiger partial charge on any atom is -0.386 e. The molecule has 0 saturated heterocycles. The van der Waals surface area contributed by atoms with Crippen LogP contribution in [0.5, 0.6) is 0 Å². The molecule has 1 N–H and O–H groups in total. The van der Waals surface area contributed by atoms with Gasteiger partial charge < -0.3 is 5.11 Å². The third-order valence-electron chi connectivity index (χ3n) is 1.00. The van der Waals surface area contributed by atoms with E-state index in [1.165, 1.54) is 0 Å². The van der Waals surface area contributed by atoms with Gasteiger partial charge in [0.15, 0.2) is 0 Å². The number of aromatic nitrogens is 2. The Balaban J connectivity index is 2.61. The smallest absolute Gasteiger partial charge is 0.112 e. The van der Waals surface area contributed by atoms with Crippen LogP contribution in [0.1, 0.15) is 18.2 Å². The van der Waals surface area contributed by atoms with E-state index in [9.17, 15) is 0 Å². The molecule has 0 aliphatic rings. The molecular formula is C5H5N3OS. The zero-order valence-corrected chi connectivity index (χ0v) is 5.88. The number of nitrogens with zero attached hydrogens (tertiary/aromatic N) is 3. The number of nitriles is 1. The average Bonchev–Trinajstić information content (AvgIpc) is 2.38. The lowest BCUT2D eigenvalue weighted by atomic mass is 10.2. The third kappa shape index (κ3) is 1.50. The van der Waals surface area contributed by atoms with Crippen molar-refractivity contribution in [2.75, 3.05) is 0 Å². The van der Waals surface area contributed by atoms with Crippen molar-refractivity contribution in [1.29, 1.82) is 5.26 Å². The predicted octanol–water partition coefficient (Wildman–Crippen LogP) is 0.485. The van der Waals surface area contributed by atoms with E-state index in [0.717, 1.165) is 11.5 Å². The Kier molecular flexibility index (Phi) is 2.31. The molecular weight excluding hydrogens is 150 g/mol. The van der Waals surface area contributed by atoms with Crippen molar-refractivity contribution in [2.24, 2.45) is 0 Å². The molecule has 5 heteroatoms. The Morgan fingerprint density at radius 3 is 3.20 bits per heavy atom. The molecule has 52 valence electrons. The van der Waals surface area contributed by atoms with Crippen molar-refractivity contribution in [2.45, 2.75) is 12.5 Å². The normalized spacial score (nSPS) is 12.4. The van der Waals surface area contributed by atoms with Crippen LogP contribution in [0.3, 0.4) is 0 Å². The van der Waals surface area contributed by atoms with Gasteiger partial charge in [-0.1, -0.05) is 4.49 Å². The zero-order chi connectivity index (χ0) is 7.40. The minimum atomic E-state index is -0.774. The highest BCUT2D eigenvalue weighted by Gasteiger charge is 2.08. The Bertz CT molecular complexity index is 228. The second-order valence-corrected chi connectivity index (χ2v) is 2.32. The van der Waals surface area contributed by atoms with Gasteiger partial charge in [0, 0.05) is 5.38 Å². The standard InChI is InChI=1S/C5H5N3OS/c6-2-1-5(9)4-3-10-8-7-4/h3,5,9H,1H2. The maximum Gasteiger partial charge on any atom is 0.112 e. The lowest BCUT2D eigenvalue weighted by Gasteiger charge is -1.97. The summed E-state index contributed by atoms with van der Waals surface area (Å²) in [6.07, 6.45) is -0.699. The van der Waals surface area contributed by atoms with E-state index in [-0.39, 0.29) is 6.42 Å². The molecule has 1 rings (SSSR count). The van der Waals surface area contributed by atoms with Crippen LogP contribution in [0, 0.1) is 11.3 Å². The molecule has 0 saturated carbocycles. The number of rotatable bonds is 2. The summed E-state index contributed by atoms with van der Waals surface area (Å²) in [5.74, 6) is 0. The first kappa shape index (κ1) is 7.12. The van der Waals surface area contributed by atoms with Crippen LogP contribution in [0.25, 0.3) is 0 Å². The molecule has 1 aromatic heterocycles. The fourth-order valence-electron chi connectivity index (χ4n) is 0.508. The fraction of sp³-hybridized carbons (Fsp3) is 0.400. The van der Waals surface area contributed by atoms with Gasteiger partial charge in [-0.2, -0.15) is 5.26 Å². The molecule has 1 heterocycles. The van der Waals surface area contributed by atoms with Gasteiger partial charge in [-0.3, -0.25) is 0 Å². The maximum atomic E-state index is 9.09. The van der Waals surface area contributed by atoms with Gasteiger partial charge >= 0.3 is 0 Å². The van der Waals surface area contributed by atoms with Gasteiger partial charge in [0.1, 0.15) is 11.8 Å². The Morgan fingerprint density at radius 2 is 2.70 bits per heavy atom. The second-order valence-electron chi connectivity index (χ2n) is 1.71. The van der Waals surface area contributed by atoms with Gasteiger partial charge in [0.2, 0.25) is 0 Å². The Hall–Kier alpha value is -0.990. The van der Waals surface area contributed by atoms with E-state index in [1.54, 1.807) is 5.38 Å². The summed E-state index contributed by atoms with van der Waals surface area (Å²) in [5.41, 5.74) is 0.478. The van der Waals surface area contributed by atoms with Crippen LogP contribution in [0.2, 0.25) is 0 Å². The lowest BCUT2D eigenvalue weighted by Crippen LogP contribution is -1.95. The minimum absolute atomic E-state index is 0.0748. The molecule has 1 aromatic rings. The molecule has 0 amide bonds. The predicted molar refractivity (Wildman–Crippen MR) is 35.1 cm³/mol. The number of hydrogen-bond acceptors (Lipinski definition) is 5. The zero-order valence-electron chi connectivity index (χ0n) is 5.06. The fourth-order valence-corrected chi connectivity index (χ4v) is 1.01. The van der Waals surface area contributed by atoms with E-state index in [1.807, 2.05) is 6.07 Å². The van der Waals surface area contributed by atoms with Gasteiger partial charge in [0.25, 0.3) is 0 Å². The molecule has 0 bridgehead atoms. The molecule has 4 nitrogen and oxygen atoms in total. The van der Waals surface area contributed by atoms with Gasteiger partial charge in [-0.05, 0) is 11.5 Å². The van der Waals surface area contributed by atoms with Crippen LogP contribution < -0.4 is 0 Å². The first-order chi connectivity index (χ1) is 4.84. The van der Waals surface area contributed by atoms with Crippen LogP contribution in [-0.4, -0.2) is 14.7 Å². The largest absolute Gasteiger partial charge is 0.386 e. The highest BCUT2D eigenvalue weighted by atomic mass is 32.1. The first-order valence-corrected chi connectivity index (χ1v) is 3.50. The number of aliphatic hydroxyl groups is 1. The lowest BCUT2D eigenvalue weighted by molar-refractivity contribution is 0.178. The summed E-state index contributed by atoms with van der Waals surface area (Å²) in [5, 5.41) is 22.5. The molecule has 0 fully saturated rings. The summed E-state index contributed by atoms with van der Waals surface area (Å²) in [7, 11) is 0. The van der Waals surface area contributed by atoms with Crippen molar-refractivity contribution in [3.8, 4) is 6.07 Å². The summed E-state index contributed by atoms with van der Waals surface area (Å²) in [4.78, 5) is 0. The Morgan fingerprint density at radius 1 is 1.90 bits per heavy atom. The quantitative estimate of drug-likeness (QED) is 0.674. The van der Waals surface area contributed by atoms with E-state index >= 15 is 0 Å².